The molecule has 3 N–H and O–H groups in total. The Morgan fingerprint density at radius 2 is 2.00 bits per heavy atom. The Morgan fingerprint density at radius 3 is 2.50 bits per heavy atom. The molecule has 1 heterocycles. The van der Waals surface area contributed by atoms with Crippen molar-refractivity contribution >= 4 is 23.3 Å². The number of amides is 2. The zero-order valence-electron chi connectivity index (χ0n) is 12.1. The average Bonchev–Trinajstić information content (AvgIpc) is 2.76. The Kier molecular flexibility index (Phi) is 6.51. The van der Waals surface area contributed by atoms with Gasteiger partial charge in [-0.2, -0.15) is 11.3 Å². The average molecular weight is 298 g/mol. The van der Waals surface area contributed by atoms with Crippen LogP contribution in [0, 0.1) is 18.8 Å². The van der Waals surface area contributed by atoms with E-state index in [0.717, 1.165) is 11.1 Å². The van der Waals surface area contributed by atoms with Gasteiger partial charge in [-0.25, -0.2) is 4.79 Å². The standard InChI is InChI=1S/C14H22N2O3S/c1-9(2)4-11(13(17)18)5-15-14(19)16-6-12-8-20-7-10(12)3/h7-9,11H,4-6H2,1-3H3,(H,17,18)(H2,15,16,19). The molecule has 20 heavy (non-hydrogen) atoms. The fourth-order valence-electron chi connectivity index (χ4n) is 1.86. The number of aliphatic carboxylic acids is 1. The smallest absolute Gasteiger partial charge is 0.315 e. The quantitative estimate of drug-likeness (QED) is 0.724. The lowest BCUT2D eigenvalue weighted by Crippen LogP contribution is -2.39. The second kappa shape index (κ2) is 7.89. The SMILES string of the molecule is Cc1cscc1CNC(=O)NCC(CC(C)C)C(=O)O. The predicted molar refractivity (Wildman–Crippen MR) is 79.9 cm³/mol. The molecule has 0 saturated heterocycles. The molecule has 1 aromatic rings. The molecule has 5 nitrogen and oxygen atoms in total. The second-order valence-corrected chi connectivity index (χ2v) is 6.05. The van der Waals surface area contributed by atoms with Crippen LogP contribution in [-0.4, -0.2) is 23.7 Å². The third kappa shape index (κ3) is 5.61. The van der Waals surface area contributed by atoms with Crippen molar-refractivity contribution < 1.29 is 14.7 Å². The Hall–Kier alpha value is -1.56. The Morgan fingerprint density at radius 1 is 1.30 bits per heavy atom. The number of rotatable bonds is 7. The van der Waals surface area contributed by atoms with E-state index in [4.69, 9.17) is 5.11 Å². The van der Waals surface area contributed by atoms with E-state index >= 15 is 0 Å². The minimum Gasteiger partial charge on any atom is -0.481 e. The van der Waals surface area contributed by atoms with Gasteiger partial charge >= 0.3 is 12.0 Å². The molecule has 6 heteroatoms. The summed E-state index contributed by atoms with van der Waals surface area (Å²) < 4.78 is 0. The summed E-state index contributed by atoms with van der Waals surface area (Å²) >= 11 is 1.60. The lowest BCUT2D eigenvalue weighted by Gasteiger charge is -2.15. The van der Waals surface area contributed by atoms with Crippen molar-refractivity contribution in [1.29, 1.82) is 0 Å². The molecule has 0 aliphatic carbocycles. The molecule has 0 saturated carbocycles. The Bertz CT molecular complexity index is 457. The number of hydrogen-bond acceptors (Lipinski definition) is 3. The van der Waals surface area contributed by atoms with Crippen LogP contribution in [0.5, 0.6) is 0 Å². The number of carboxylic acid groups (broad SMARTS) is 1. The van der Waals surface area contributed by atoms with Crippen molar-refractivity contribution in [2.45, 2.75) is 33.7 Å². The summed E-state index contributed by atoms with van der Waals surface area (Å²) in [5.41, 5.74) is 2.24. The minimum atomic E-state index is -0.868. The fraction of sp³-hybridized carbons (Fsp3) is 0.571. The van der Waals surface area contributed by atoms with Crippen LogP contribution in [0.15, 0.2) is 10.8 Å². The van der Waals surface area contributed by atoms with Gasteiger partial charge in [0.15, 0.2) is 0 Å². The Balaban J connectivity index is 2.34. The summed E-state index contributed by atoms with van der Waals surface area (Å²) in [6.45, 7) is 6.55. The maximum absolute atomic E-state index is 11.7. The highest BCUT2D eigenvalue weighted by Gasteiger charge is 2.19. The van der Waals surface area contributed by atoms with Crippen LogP contribution in [0.3, 0.4) is 0 Å². The van der Waals surface area contributed by atoms with Crippen molar-refractivity contribution in [3.05, 3.63) is 21.9 Å². The largest absolute Gasteiger partial charge is 0.481 e. The fourth-order valence-corrected chi connectivity index (χ4v) is 2.72. The maximum atomic E-state index is 11.7. The molecule has 1 aromatic heterocycles. The molecule has 2 amide bonds. The third-order valence-electron chi connectivity index (χ3n) is 3.02. The molecule has 1 atom stereocenters. The molecule has 0 aromatic carbocycles. The summed E-state index contributed by atoms with van der Waals surface area (Å²) in [7, 11) is 0. The van der Waals surface area contributed by atoms with Crippen molar-refractivity contribution in [2.75, 3.05) is 6.54 Å². The number of carbonyl (C=O) groups is 2. The Labute approximate surface area is 123 Å². The van der Waals surface area contributed by atoms with Crippen LogP contribution in [0.1, 0.15) is 31.4 Å². The highest BCUT2D eigenvalue weighted by atomic mass is 32.1. The van der Waals surface area contributed by atoms with E-state index in [1.165, 1.54) is 0 Å². The van der Waals surface area contributed by atoms with Crippen LogP contribution in [0.2, 0.25) is 0 Å². The summed E-state index contributed by atoms with van der Waals surface area (Å²) in [5, 5.41) is 18.5. The monoisotopic (exact) mass is 298 g/mol. The lowest BCUT2D eigenvalue weighted by molar-refractivity contribution is -0.142. The van der Waals surface area contributed by atoms with Gasteiger partial charge in [-0.1, -0.05) is 13.8 Å². The summed E-state index contributed by atoms with van der Waals surface area (Å²) in [6.07, 6.45) is 0.555. The van der Waals surface area contributed by atoms with Gasteiger partial charge in [0, 0.05) is 13.1 Å². The molecule has 0 bridgehead atoms. The molecular weight excluding hydrogens is 276 g/mol. The van der Waals surface area contributed by atoms with Gasteiger partial charge in [0.2, 0.25) is 0 Å². The lowest BCUT2D eigenvalue weighted by atomic mass is 9.97. The van der Waals surface area contributed by atoms with Crippen LogP contribution < -0.4 is 10.6 Å². The molecule has 112 valence electrons. The van der Waals surface area contributed by atoms with E-state index in [-0.39, 0.29) is 18.5 Å². The first-order valence-corrected chi connectivity index (χ1v) is 7.60. The van der Waals surface area contributed by atoms with Gasteiger partial charge in [0.05, 0.1) is 5.92 Å². The first-order valence-electron chi connectivity index (χ1n) is 6.66. The number of nitrogens with one attached hydrogen (secondary N) is 2. The van der Waals surface area contributed by atoms with Crippen LogP contribution in [0.4, 0.5) is 4.79 Å². The van der Waals surface area contributed by atoms with Crippen molar-refractivity contribution in [2.24, 2.45) is 11.8 Å². The van der Waals surface area contributed by atoms with Gasteiger partial charge in [-0.3, -0.25) is 4.79 Å². The number of hydrogen-bond donors (Lipinski definition) is 3. The number of carboxylic acids is 1. The van der Waals surface area contributed by atoms with E-state index in [0.29, 0.717) is 13.0 Å². The van der Waals surface area contributed by atoms with Gasteiger partial charge < -0.3 is 15.7 Å². The molecule has 1 rings (SSSR count). The maximum Gasteiger partial charge on any atom is 0.315 e. The predicted octanol–water partition coefficient (Wildman–Crippen LogP) is 2.60. The van der Waals surface area contributed by atoms with E-state index < -0.39 is 11.9 Å². The van der Waals surface area contributed by atoms with Gasteiger partial charge in [-0.05, 0) is 41.1 Å². The minimum absolute atomic E-state index is 0.155. The molecule has 0 aliphatic rings. The van der Waals surface area contributed by atoms with Gasteiger partial charge in [0.1, 0.15) is 0 Å². The van der Waals surface area contributed by atoms with E-state index in [9.17, 15) is 9.59 Å². The molecule has 0 aliphatic heterocycles. The van der Waals surface area contributed by atoms with Crippen LogP contribution in [0.25, 0.3) is 0 Å². The third-order valence-corrected chi connectivity index (χ3v) is 3.93. The molecule has 0 spiro atoms. The first kappa shape index (κ1) is 16.5. The molecule has 1 unspecified atom stereocenters. The van der Waals surface area contributed by atoms with Gasteiger partial charge in [-0.15, -0.1) is 0 Å². The number of carbonyl (C=O) groups excluding carboxylic acids is 1. The van der Waals surface area contributed by atoms with Crippen LogP contribution in [-0.2, 0) is 11.3 Å². The van der Waals surface area contributed by atoms with Gasteiger partial charge in [0.25, 0.3) is 0 Å². The van der Waals surface area contributed by atoms with E-state index in [1.54, 1.807) is 11.3 Å². The normalized spacial score (nSPS) is 12.2. The van der Waals surface area contributed by atoms with E-state index in [1.807, 2.05) is 31.5 Å². The van der Waals surface area contributed by atoms with Crippen molar-refractivity contribution in [1.82, 2.24) is 10.6 Å². The number of aryl methyl sites for hydroxylation is 1. The summed E-state index contributed by atoms with van der Waals surface area (Å²) in [4.78, 5) is 22.7. The number of urea groups is 1. The topological polar surface area (TPSA) is 78.4 Å². The highest BCUT2D eigenvalue weighted by Crippen LogP contribution is 2.13. The molecule has 0 fully saturated rings. The zero-order valence-corrected chi connectivity index (χ0v) is 12.9. The van der Waals surface area contributed by atoms with Crippen LogP contribution >= 0.6 is 11.3 Å². The zero-order chi connectivity index (χ0) is 15.1. The summed E-state index contributed by atoms with van der Waals surface area (Å²) in [6, 6.07) is -0.328. The van der Waals surface area contributed by atoms with Crippen molar-refractivity contribution in [3.63, 3.8) is 0 Å². The number of thiophene rings is 1. The highest BCUT2D eigenvalue weighted by molar-refractivity contribution is 7.08. The van der Waals surface area contributed by atoms with Crippen molar-refractivity contribution in [3.8, 4) is 0 Å². The molecular formula is C14H22N2O3S. The summed E-state index contributed by atoms with van der Waals surface area (Å²) in [5.74, 6) is -1.12. The molecule has 0 radical (unpaired) electrons. The first-order chi connectivity index (χ1) is 9.40. The van der Waals surface area contributed by atoms with E-state index in [2.05, 4.69) is 10.6 Å². The second-order valence-electron chi connectivity index (χ2n) is 5.31.